The Balaban J connectivity index is 1.59. The summed E-state index contributed by atoms with van der Waals surface area (Å²) in [6.45, 7) is 0. The van der Waals surface area contributed by atoms with Crippen molar-refractivity contribution in [2.75, 3.05) is 5.32 Å². The number of anilines is 1. The highest BCUT2D eigenvalue weighted by atomic mass is 19.4. The van der Waals surface area contributed by atoms with Crippen molar-refractivity contribution < 1.29 is 22.8 Å². The van der Waals surface area contributed by atoms with Gasteiger partial charge in [-0.1, -0.05) is 12.1 Å². The number of fused-ring (bicyclic) bond motifs is 2. The van der Waals surface area contributed by atoms with Gasteiger partial charge in [0, 0.05) is 36.0 Å². The summed E-state index contributed by atoms with van der Waals surface area (Å²) in [5.41, 5.74) is -0.366. The van der Waals surface area contributed by atoms with E-state index in [1.807, 2.05) is 6.07 Å². The number of nitrogens with zero attached hydrogens (tertiary/aromatic N) is 5. The topological polar surface area (TPSA) is 118 Å². The number of aryl methyl sites for hydroxylation is 1. The van der Waals surface area contributed by atoms with Gasteiger partial charge >= 0.3 is 6.18 Å². The van der Waals surface area contributed by atoms with E-state index in [0.29, 0.717) is 32.4 Å². The lowest BCUT2D eigenvalue weighted by Gasteiger charge is -2.19. The zero-order chi connectivity index (χ0) is 25.6. The molecule has 1 aliphatic heterocycles. The molecular weight excluding hydrogens is 475 g/mol. The minimum atomic E-state index is -4.94. The molecule has 36 heavy (non-hydrogen) atoms. The van der Waals surface area contributed by atoms with Crippen molar-refractivity contribution in [1.82, 2.24) is 24.6 Å². The minimum Gasteiger partial charge on any atom is -0.352 e. The maximum absolute atomic E-state index is 14.2. The molecule has 178 valence electrons. The summed E-state index contributed by atoms with van der Waals surface area (Å²) in [7, 11) is 1.69. The number of amides is 1. The van der Waals surface area contributed by atoms with Crippen molar-refractivity contribution in [3.8, 4) is 11.8 Å². The molecule has 4 aromatic rings. The fourth-order valence-corrected chi connectivity index (χ4v) is 4.09. The van der Waals surface area contributed by atoms with Crippen LogP contribution in [0.2, 0.25) is 0 Å². The summed E-state index contributed by atoms with van der Waals surface area (Å²) in [4.78, 5) is 28.4. The highest BCUT2D eigenvalue weighted by molar-refractivity contribution is 6.06. The van der Waals surface area contributed by atoms with Gasteiger partial charge in [-0.25, -0.2) is 14.5 Å². The number of halogens is 3. The monoisotopic (exact) mass is 489 g/mol. The van der Waals surface area contributed by atoms with Gasteiger partial charge in [0.1, 0.15) is 17.4 Å². The van der Waals surface area contributed by atoms with Gasteiger partial charge in [0.25, 0.3) is 5.91 Å². The number of alkyl halides is 3. The van der Waals surface area contributed by atoms with Crippen LogP contribution in [-0.2, 0) is 18.0 Å². The van der Waals surface area contributed by atoms with Crippen molar-refractivity contribution in [1.29, 1.82) is 5.26 Å². The van der Waals surface area contributed by atoms with E-state index in [-0.39, 0.29) is 17.1 Å². The first-order chi connectivity index (χ1) is 17.2. The quantitative estimate of drug-likeness (QED) is 0.425. The van der Waals surface area contributed by atoms with Crippen molar-refractivity contribution in [2.45, 2.75) is 6.18 Å². The molecule has 0 saturated carbocycles. The van der Waals surface area contributed by atoms with Gasteiger partial charge in [0.2, 0.25) is 0 Å². The van der Waals surface area contributed by atoms with Crippen LogP contribution in [-0.4, -0.2) is 31.2 Å². The Morgan fingerprint density at radius 2 is 2.06 bits per heavy atom. The molecule has 1 aromatic carbocycles. The van der Waals surface area contributed by atoms with E-state index in [1.54, 1.807) is 29.8 Å². The number of carbonyl (C=O) groups excluding carboxylic acids is 2. The number of benzene rings is 1. The average Bonchev–Trinajstić information content (AvgIpc) is 3.45. The Hall–Kier alpha value is -5.14. The first kappa shape index (κ1) is 22.6. The highest BCUT2D eigenvalue weighted by Gasteiger charge is 2.41. The molecule has 0 fully saturated rings. The van der Waals surface area contributed by atoms with Crippen LogP contribution >= 0.6 is 0 Å². The molecule has 3 aromatic heterocycles. The summed E-state index contributed by atoms with van der Waals surface area (Å²) in [6.07, 6.45) is 1.64. The Kier molecular flexibility index (Phi) is 5.20. The van der Waals surface area contributed by atoms with Crippen LogP contribution < -0.4 is 10.6 Å². The van der Waals surface area contributed by atoms with Gasteiger partial charge in [-0.15, -0.1) is 0 Å². The lowest BCUT2D eigenvalue weighted by Crippen LogP contribution is -2.21. The van der Waals surface area contributed by atoms with Crippen molar-refractivity contribution in [2.24, 2.45) is 7.05 Å². The minimum absolute atomic E-state index is 0.0235. The van der Waals surface area contributed by atoms with E-state index in [9.17, 15) is 28.0 Å². The summed E-state index contributed by atoms with van der Waals surface area (Å²) in [5, 5.41) is 18.7. The standard InChI is InChI=1S/C24H14F3N7O2/c1-33-11-13(8-28)17-7-14(9-30-22(17)33)32-23(36)18-10-31-34(21(18)24(25,26)27)20-4-2-3-15-16(20)5-6-29-19(15)12-35/h2-7,9-11,29H,1H3,(H,32,36). The second kappa shape index (κ2) is 8.26. The Bertz CT molecular complexity index is 1680. The second-order valence-corrected chi connectivity index (χ2v) is 7.82. The van der Waals surface area contributed by atoms with Crippen molar-refractivity contribution >= 4 is 40.3 Å². The summed E-state index contributed by atoms with van der Waals surface area (Å²) < 4.78 is 44.9. The Labute approximate surface area is 200 Å². The van der Waals surface area contributed by atoms with Crippen LogP contribution in [0, 0.1) is 11.3 Å². The van der Waals surface area contributed by atoms with E-state index in [4.69, 9.17) is 0 Å². The Morgan fingerprint density at radius 1 is 1.25 bits per heavy atom. The Morgan fingerprint density at radius 3 is 2.78 bits per heavy atom. The summed E-state index contributed by atoms with van der Waals surface area (Å²) in [6, 6.07) is 7.91. The smallest absolute Gasteiger partial charge is 0.352 e. The second-order valence-electron chi connectivity index (χ2n) is 7.82. The molecule has 1 amide bonds. The maximum atomic E-state index is 14.2. The van der Waals surface area contributed by atoms with Crippen LogP contribution in [0.1, 0.15) is 32.7 Å². The van der Waals surface area contributed by atoms with Gasteiger partial charge in [0.05, 0.1) is 34.9 Å². The van der Waals surface area contributed by atoms with Crippen LogP contribution in [0.15, 0.2) is 49.1 Å². The maximum Gasteiger partial charge on any atom is 0.434 e. The van der Waals surface area contributed by atoms with Crippen molar-refractivity contribution in [3.63, 3.8) is 0 Å². The lowest BCUT2D eigenvalue weighted by atomic mass is 10.0. The molecule has 0 atom stereocenters. The van der Waals surface area contributed by atoms with Crippen molar-refractivity contribution in [3.05, 3.63) is 77.0 Å². The SMILES string of the molecule is Cn1cc(C#N)c2cc(NC(=O)c3cnn(-c4cccc5c4C=CNC5=C=O)c3C(F)(F)F)cnc21. The number of aromatic nitrogens is 4. The molecule has 0 unspecified atom stereocenters. The van der Waals surface area contributed by atoms with E-state index in [1.165, 1.54) is 36.7 Å². The number of rotatable bonds is 3. The predicted molar refractivity (Wildman–Crippen MR) is 123 cm³/mol. The molecule has 0 spiro atoms. The number of hydrogen-bond acceptors (Lipinski definition) is 6. The molecule has 4 heterocycles. The molecule has 9 nitrogen and oxygen atoms in total. The van der Waals surface area contributed by atoms with Crippen LogP contribution in [0.5, 0.6) is 0 Å². The first-order valence-corrected chi connectivity index (χ1v) is 10.4. The van der Waals surface area contributed by atoms with E-state index < -0.39 is 23.3 Å². The largest absolute Gasteiger partial charge is 0.434 e. The highest BCUT2D eigenvalue weighted by Crippen LogP contribution is 2.36. The number of hydrogen-bond donors (Lipinski definition) is 2. The molecule has 2 N–H and O–H groups in total. The van der Waals surface area contributed by atoms with Gasteiger partial charge in [-0.3, -0.25) is 4.79 Å². The molecule has 1 aliphatic rings. The van der Waals surface area contributed by atoms with E-state index >= 15 is 0 Å². The number of carbonyl (C=O) groups is 1. The van der Waals surface area contributed by atoms with Crippen LogP contribution in [0.4, 0.5) is 18.9 Å². The summed E-state index contributed by atoms with van der Waals surface area (Å²) >= 11 is 0. The van der Waals surface area contributed by atoms with Gasteiger partial charge in [-0.2, -0.15) is 23.5 Å². The van der Waals surface area contributed by atoms with Crippen LogP contribution in [0.3, 0.4) is 0 Å². The molecule has 0 saturated heterocycles. The predicted octanol–water partition coefficient (Wildman–Crippen LogP) is 3.65. The molecule has 0 aliphatic carbocycles. The fourth-order valence-electron chi connectivity index (χ4n) is 4.09. The number of nitrogens with one attached hydrogen (secondary N) is 2. The molecule has 5 rings (SSSR count). The molecule has 0 bridgehead atoms. The van der Waals surface area contributed by atoms with Crippen LogP contribution in [0.25, 0.3) is 28.5 Å². The van der Waals surface area contributed by atoms with Gasteiger partial charge in [-0.05, 0) is 18.2 Å². The normalized spacial score (nSPS) is 12.6. The molecule has 12 heteroatoms. The number of pyridine rings is 1. The first-order valence-electron chi connectivity index (χ1n) is 10.4. The van der Waals surface area contributed by atoms with Gasteiger partial charge < -0.3 is 15.2 Å². The van der Waals surface area contributed by atoms with E-state index in [2.05, 4.69) is 20.7 Å². The molecular formula is C24H14F3N7O2. The van der Waals surface area contributed by atoms with E-state index in [0.717, 1.165) is 6.20 Å². The van der Waals surface area contributed by atoms with Gasteiger partial charge in [0.15, 0.2) is 11.6 Å². The zero-order valence-corrected chi connectivity index (χ0v) is 18.4. The molecule has 0 radical (unpaired) electrons. The average molecular weight is 489 g/mol. The third kappa shape index (κ3) is 3.60. The lowest BCUT2D eigenvalue weighted by molar-refractivity contribution is -0.143. The summed E-state index contributed by atoms with van der Waals surface area (Å²) in [5.74, 6) is 0.662. The fraction of sp³-hybridized carbons (Fsp3) is 0.0833. The third-order valence-electron chi connectivity index (χ3n) is 5.63. The zero-order valence-electron chi connectivity index (χ0n) is 18.4. The number of nitriles is 1. The third-order valence-corrected chi connectivity index (χ3v) is 5.63.